The highest BCUT2D eigenvalue weighted by Crippen LogP contribution is 2.26. The van der Waals surface area contributed by atoms with Crippen molar-refractivity contribution in [2.45, 2.75) is 33.1 Å². The maximum Gasteiger partial charge on any atom is 0.223 e. The molecule has 3 aromatic rings. The smallest absolute Gasteiger partial charge is 0.223 e. The number of carbonyl (C=O) groups is 1. The Balaban J connectivity index is 1.35. The number of hydrogen-bond acceptors (Lipinski definition) is 3. The molecule has 1 unspecified atom stereocenters. The summed E-state index contributed by atoms with van der Waals surface area (Å²) < 4.78 is 5.76. The molecule has 2 N–H and O–H groups in total. The second kappa shape index (κ2) is 7.43. The van der Waals surface area contributed by atoms with Crippen molar-refractivity contribution in [3.63, 3.8) is 0 Å². The number of benzene rings is 2. The summed E-state index contributed by atoms with van der Waals surface area (Å²) in [5.74, 6) is 1.86. The summed E-state index contributed by atoms with van der Waals surface area (Å²) in [5.41, 5.74) is 5.64. The minimum absolute atomic E-state index is 0.0466. The number of rotatable bonds is 4. The number of amides is 1. The Bertz CT molecular complexity index is 938. The Morgan fingerprint density at radius 2 is 2.07 bits per heavy atom. The maximum atomic E-state index is 12.6. The van der Waals surface area contributed by atoms with Gasteiger partial charge in [0.05, 0.1) is 17.6 Å². The minimum Gasteiger partial charge on any atom is -0.493 e. The SMILES string of the molecule is Cc1cc2nc(CCNC(=O)C3CCOc4ccccc4C3)[nH]c2cc1C. The fourth-order valence-electron chi connectivity index (χ4n) is 3.60. The Labute approximate surface area is 159 Å². The third-order valence-corrected chi connectivity index (χ3v) is 5.34. The molecule has 27 heavy (non-hydrogen) atoms. The van der Waals surface area contributed by atoms with Gasteiger partial charge in [-0.25, -0.2) is 4.98 Å². The van der Waals surface area contributed by atoms with Crippen LogP contribution in [0.25, 0.3) is 11.0 Å². The van der Waals surface area contributed by atoms with Crippen LogP contribution < -0.4 is 10.1 Å². The van der Waals surface area contributed by atoms with Gasteiger partial charge in [0.2, 0.25) is 5.91 Å². The number of nitrogens with one attached hydrogen (secondary N) is 2. The van der Waals surface area contributed by atoms with E-state index >= 15 is 0 Å². The summed E-state index contributed by atoms with van der Waals surface area (Å²) in [6, 6.07) is 12.2. The van der Waals surface area contributed by atoms with Crippen molar-refractivity contribution >= 4 is 16.9 Å². The number of hydrogen-bond donors (Lipinski definition) is 2. The van der Waals surface area contributed by atoms with Crippen molar-refractivity contribution in [1.82, 2.24) is 15.3 Å². The predicted octanol–water partition coefficient (Wildman–Crippen LogP) is 3.48. The molecule has 0 saturated carbocycles. The average molecular weight is 363 g/mol. The number of aryl methyl sites for hydroxylation is 2. The zero-order chi connectivity index (χ0) is 18.8. The molecule has 5 heteroatoms. The Morgan fingerprint density at radius 1 is 1.26 bits per heavy atom. The highest BCUT2D eigenvalue weighted by Gasteiger charge is 2.23. The third-order valence-electron chi connectivity index (χ3n) is 5.34. The lowest BCUT2D eigenvalue weighted by molar-refractivity contribution is -0.125. The van der Waals surface area contributed by atoms with Crippen LogP contribution in [-0.4, -0.2) is 29.0 Å². The number of para-hydroxylation sites is 1. The van der Waals surface area contributed by atoms with Gasteiger partial charge in [0.15, 0.2) is 0 Å². The second-order valence-electron chi connectivity index (χ2n) is 7.32. The van der Waals surface area contributed by atoms with E-state index in [4.69, 9.17) is 4.74 Å². The standard InChI is InChI=1S/C22H25N3O2/c1-14-11-18-19(12-15(14)2)25-21(24-18)7-9-23-22(26)17-8-10-27-20-6-4-3-5-16(20)13-17/h3-6,11-12,17H,7-10,13H2,1-2H3,(H,23,26)(H,24,25). The van der Waals surface area contributed by atoms with E-state index in [-0.39, 0.29) is 11.8 Å². The Kier molecular flexibility index (Phi) is 4.84. The van der Waals surface area contributed by atoms with E-state index in [1.54, 1.807) is 0 Å². The molecule has 0 spiro atoms. The van der Waals surface area contributed by atoms with Gasteiger partial charge >= 0.3 is 0 Å². The maximum absolute atomic E-state index is 12.6. The van der Waals surface area contributed by atoms with E-state index in [0.717, 1.165) is 41.0 Å². The molecule has 0 aliphatic carbocycles. The molecule has 1 aromatic heterocycles. The van der Waals surface area contributed by atoms with Crippen LogP contribution in [0, 0.1) is 19.8 Å². The highest BCUT2D eigenvalue weighted by atomic mass is 16.5. The van der Waals surface area contributed by atoms with Gasteiger partial charge in [-0.05, 0) is 61.6 Å². The van der Waals surface area contributed by atoms with Crippen molar-refractivity contribution < 1.29 is 9.53 Å². The molecule has 0 saturated heterocycles. The first-order valence-electron chi connectivity index (χ1n) is 9.54. The zero-order valence-electron chi connectivity index (χ0n) is 15.8. The normalized spacial score (nSPS) is 16.4. The van der Waals surface area contributed by atoms with Crippen LogP contribution in [-0.2, 0) is 17.6 Å². The summed E-state index contributed by atoms with van der Waals surface area (Å²) >= 11 is 0. The number of aromatic amines is 1. The highest BCUT2D eigenvalue weighted by molar-refractivity contribution is 5.79. The van der Waals surface area contributed by atoms with E-state index < -0.39 is 0 Å². The van der Waals surface area contributed by atoms with Gasteiger partial charge in [0, 0.05) is 18.9 Å². The summed E-state index contributed by atoms with van der Waals surface area (Å²) in [6.07, 6.45) is 2.16. The molecule has 0 radical (unpaired) electrons. The molecule has 4 rings (SSSR count). The number of carbonyl (C=O) groups excluding carboxylic acids is 1. The summed E-state index contributed by atoms with van der Waals surface area (Å²) in [5, 5.41) is 3.07. The first-order chi connectivity index (χ1) is 13.1. The average Bonchev–Trinajstić information content (AvgIpc) is 2.90. The largest absolute Gasteiger partial charge is 0.493 e. The number of ether oxygens (including phenoxy) is 1. The molecule has 0 fully saturated rings. The van der Waals surface area contributed by atoms with E-state index in [9.17, 15) is 4.79 Å². The van der Waals surface area contributed by atoms with Crippen molar-refractivity contribution in [2.75, 3.05) is 13.2 Å². The van der Waals surface area contributed by atoms with Gasteiger partial charge < -0.3 is 15.0 Å². The first-order valence-corrected chi connectivity index (χ1v) is 9.54. The van der Waals surface area contributed by atoms with Crippen LogP contribution in [0.1, 0.15) is 28.9 Å². The van der Waals surface area contributed by atoms with Gasteiger partial charge in [0.25, 0.3) is 0 Å². The quantitative estimate of drug-likeness (QED) is 0.746. The van der Waals surface area contributed by atoms with Crippen LogP contribution in [0.4, 0.5) is 0 Å². The molecule has 140 valence electrons. The molecular formula is C22H25N3O2. The summed E-state index contributed by atoms with van der Waals surface area (Å²) in [7, 11) is 0. The number of imidazole rings is 1. The van der Waals surface area contributed by atoms with Gasteiger partial charge in [-0.2, -0.15) is 0 Å². The molecule has 0 bridgehead atoms. The zero-order valence-corrected chi connectivity index (χ0v) is 15.8. The molecule has 1 aliphatic rings. The fraction of sp³-hybridized carbons (Fsp3) is 0.364. The topological polar surface area (TPSA) is 67.0 Å². The third kappa shape index (κ3) is 3.82. The second-order valence-corrected chi connectivity index (χ2v) is 7.32. The van der Waals surface area contributed by atoms with Crippen molar-refractivity contribution in [3.05, 3.63) is 58.9 Å². The lowest BCUT2D eigenvalue weighted by atomic mass is 9.96. The number of fused-ring (bicyclic) bond motifs is 2. The minimum atomic E-state index is -0.0466. The molecule has 2 heterocycles. The van der Waals surface area contributed by atoms with Gasteiger partial charge in [-0.15, -0.1) is 0 Å². The van der Waals surface area contributed by atoms with Crippen LogP contribution in [0.3, 0.4) is 0 Å². The fourth-order valence-corrected chi connectivity index (χ4v) is 3.60. The number of H-pyrrole nitrogens is 1. The lowest BCUT2D eigenvalue weighted by Crippen LogP contribution is -2.33. The van der Waals surface area contributed by atoms with Crippen LogP contribution in [0.15, 0.2) is 36.4 Å². The molecule has 2 aromatic carbocycles. The Morgan fingerprint density at radius 3 is 2.96 bits per heavy atom. The van der Waals surface area contributed by atoms with Crippen LogP contribution in [0.2, 0.25) is 0 Å². The van der Waals surface area contributed by atoms with E-state index in [1.165, 1.54) is 11.1 Å². The van der Waals surface area contributed by atoms with E-state index in [2.05, 4.69) is 41.3 Å². The van der Waals surface area contributed by atoms with Gasteiger partial charge in [-0.3, -0.25) is 4.79 Å². The number of nitrogens with zero attached hydrogens (tertiary/aromatic N) is 1. The van der Waals surface area contributed by atoms with Gasteiger partial charge in [-0.1, -0.05) is 18.2 Å². The van der Waals surface area contributed by atoms with Crippen LogP contribution in [0.5, 0.6) is 5.75 Å². The molecule has 5 nitrogen and oxygen atoms in total. The summed E-state index contributed by atoms with van der Waals surface area (Å²) in [6.45, 7) is 5.36. The van der Waals surface area contributed by atoms with Crippen molar-refractivity contribution in [3.8, 4) is 5.75 Å². The molecule has 1 atom stereocenters. The monoisotopic (exact) mass is 363 g/mol. The predicted molar refractivity (Wildman–Crippen MR) is 106 cm³/mol. The number of aromatic nitrogens is 2. The lowest BCUT2D eigenvalue weighted by Gasteiger charge is -2.13. The molecule has 1 aliphatic heterocycles. The summed E-state index contributed by atoms with van der Waals surface area (Å²) in [4.78, 5) is 20.6. The van der Waals surface area contributed by atoms with E-state index in [1.807, 2.05) is 24.3 Å². The van der Waals surface area contributed by atoms with Gasteiger partial charge in [0.1, 0.15) is 11.6 Å². The molecular weight excluding hydrogens is 338 g/mol. The molecule has 1 amide bonds. The van der Waals surface area contributed by atoms with E-state index in [0.29, 0.717) is 19.6 Å². The van der Waals surface area contributed by atoms with Crippen molar-refractivity contribution in [1.29, 1.82) is 0 Å². The Hall–Kier alpha value is -2.82. The first kappa shape index (κ1) is 17.6. The van der Waals surface area contributed by atoms with Crippen molar-refractivity contribution in [2.24, 2.45) is 5.92 Å². The van der Waals surface area contributed by atoms with Crippen LogP contribution >= 0.6 is 0 Å².